The van der Waals surface area contributed by atoms with Crippen LogP contribution in [0.5, 0.6) is 0 Å². The zero-order valence-electron chi connectivity index (χ0n) is 8.62. The highest BCUT2D eigenvalue weighted by molar-refractivity contribution is 9.11. The van der Waals surface area contributed by atoms with Crippen molar-refractivity contribution < 1.29 is 27.9 Å². The number of rotatable bonds is 4. The molecule has 0 saturated carbocycles. The van der Waals surface area contributed by atoms with Crippen molar-refractivity contribution in [1.82, 2.24) is 5.32 Å². The van der Waals surface area contributed by atoms with Gasteiger partial charge in [0.2, 0.25) is 0 Å². The van der Waals surface area contributed by atoms with E-state index >= 15 is 0 Å². The highest BCUT2D eigenvalue weighted by Crippen LogP contribution is 2.24. The standard InChI is InChI=1S/C9H7BrF3NO3S/c10-6-2-1-5(18-6)7(15)14-4(8(16)17)3-9(11,12)13/h1-2,4H,3H2,(H,14,15)(H,16,17). The van der Waals surface area contributed by atoms with Gasteiger partial charge in [-0.1, -0.05) is 0 Å². The van der Waals surface area contributed by atoms with Crippen LogP contribution in [-0.4, -0.2) is 29.2 Å². The van der Waals surface area contributed by atoms with Crippen molar-refractivity contribution in [3.63, 3.8) is 0 Å². The van der Waals surface area contributed by atoms with Crippen molar-refractivity contribution in [3.8, 4) is 0 Å². The molecule has 1 unspecified atom stereocenters. The summed E-state index contributed by atoms with van der Waals surface area (Å²) in [7, 11) is 0. The molecule has 0 aromatic carbocycles. The Kier molecular flexibility index (Phi) is 4.74. The van der Waals surface area contributed by atoms with Gasteiger partial charge in [0.05, 0.1) is 15.1 Å². The van der Waals surface area contributed by atoms with Crippen molar-refractivity contribution >= 4 is 39.1 Å². The zero-order chi connectivity index (χ0) is 13.9. The molecule has 1 atom stereocenters. The number of carboxylic acids is 1. The lowest BCUT2D eigenvalue weighted by molar-refractivity contribution is -0.157. The van der Waals surface area contributed by atoms with Gasteiger partial charge in [-0.05, 0) is 28.1 Å². The van der Waals surface area contributed by atoms with E-state index in [2.05, 4.69) is 15.9 Å². The van der Waals surface area contributed by atoms with E-state index in [4.69, 9.17) is 5.11 Å². The first kappa shape index (κ1) is 15.0. The lowest BCUT2D eigenvalue weighted by Gasteiger charge is -2.15. The van der Waals surface area contributed by atoms with E-state index in [0.29, 0.717) is 3.79 Å². The van der Waals surface area contributed by atoms with E-state index in [1.54, 1.807) is 6.07 Å². The lowest BCUT2D eigenvalue weighted by atomic mass is 10.2. The van der Waals surface area contributed by atoms with Gasteiger partial charge < -0.3 is 10.4 Å². The Bertz CT molecular complexity index is 460. The summed E-state index contributed by atoms with van der Waals surface area (Å²) in [5.41, 5.74) is 0. The number of carbonyl (C=O) groups excluding carboxylic acids is 1. The minimum absolute atomic E-state index is 0.135. The SMILES string of the molecule is O=C(NC(CC(F)(F)F)C(=O)O)c1ccc(Br)s1. The first-order valence-electron chi connectivity index (χ1n) is 4.55. The highest BCUT2D eigenvalue weighted by atomic mass is 79.9. The van der Waals surface area contributed by atoms with E-state index < -0.39 is 30.5 Å². The van der Waals surface area contributed by atoms with Gasteiger partial charge in [0.15, 0.2) is 0 Å². The summed E-state index contributed by atoms with van der Waals surface area (Å²) in [6.45, 7) is 0. The molecule has 9 heteroatoms. The van der Waals surface area contributed by atoms with Crippen molar-refractivity contribution in [2.24, 2.45) is 0 Å². The molecular formula is C9H7BrF3NO3S. The molecule has 0 aliphatic rings. The Hall–Kier alpha value is -1.09. The summed E-state index contributed by atoms with van der Waals surface area (Å²) in [5.74, 6) is -2.57. The Morgan fingerprint density at radius 1 is 1.44 bits per heavy atom. The molecule has 4 nitrogen and oxygen atoms in total. The van der Waals surface area contributed by atoms with Gasteiger partial charge in [-0.15, -0.1) is 11.3 Å². The number of amides is 1. The molecule has 0 spiro atoms. The molecule has 0 aliphatic carbocycles. The fraction of sp³-hybridized carbons (Fsp3) is 0.333. The molecule has 2 N–H and O–H groups in total. The summed E-state index contributed by atoms with van der Waals surface area (Å²) in [6.07, 6.45) is -6.27. The molecule has 18 heavy (non-hydrogen) atoms. The minimum atomic E-state index is -4.66. The molecule has 0 fully saturated rings. The maximum Gasteiger partial charge on any atom is 0.391 e. The quantitative estimate of drug-likeness (QED) is 0.881. The Morgan fingerprint density at radius 2 is 2.06 bits per heavy atom. The van der Waals surface area contributed by atoms with Gasteiger partial charge >= 0.3 is 12.1 Å². The minimum Gasteiger partial charge on any atom is -0.480 e. The Balaban J connectivity index is 2.73. The van der Waals surface area contributed by atoms with Gasteiger partial charge in [0.1, 0.15) is 6.04 Å². The van der Waals surface area contributed by atoms with Crippen molar-refractivity contribution in [1.29, 1.82) is 0 Å². The predicted molar refractivity (Wildman–Crippen MR) is 61.6 cm³/mol. The van der Waals surface area contributed by atoms with Gasteiger partial charge in [0, 0.05) is 0 Å². The third kappa shape index (κ3) is 4.65. The average Bonchev–Trinajstić information content (AvgIpc) is 2.61. The van der Waals surface area contributed by atoms with E-state index in [0.717, 1.165) is 11.3 Å². The fourth-order valence-electron chi connectivity index (χ4n) is 1.10. The van der Waals surface area contributed by atoms with E-state index in [9.17, 15) is 22.8 Å². The highest BCUT2D eigenvalue weighted by Gasteiger charge is 2.36. The fourth-order valence-corrected chi connectivity index (χ4v) is 2.39. The maximum absolute atomic E-state index is 12.1. The van der Waals surface area contributed by atoms with Gasteiger partial charge in [-0.2, -0.15) is 13.2 Å². The van der Waals surface area contributed by atoms with Crippen LogP contribution in [-0.2, 0) is 4.79 Å². The average molecular weight is 346 g/mol. The topological polar surface area (TPSA) is 66.4 Å². The number of halogens is 4. The number of aliphatic carboxylic acids is 1. The van der Waals surface area contributed by atoms with Crippen LogP contribution in [0.4, 0.5) is 13.2 Å². The third-order valence-corrected chi connectivity index (χ3v) is 3.46. The van der Waals surface area contributed by atoms with Crippen molar-refractivity contribution in [2.75, 3.05) is 0 Å². The summed E-state index contributed by atoms with van der Waals surface area (Å²) in [4.78, 5) is 22.3. The van der Waals surface area contributed by atoms with Crippen LogP contribution < -0.4 is 5.32 Å². The summed E-state index contributed by atoms with van der Waals surface area (Å²) in [5, 5.41) is 10.5. The molecular weight excluding hydrogens is 339 g/mol. The van der Waals surface area contributed by atoms with Gasteiger partial charge in [0.25, 0.3) is 5.91 Å². The Morgan fingerprint density at radius 3 is 2.44 bits per heavy atom. The molecule has 100 valence electrons. The molecule has 0 bridgehead atoms. The Labute approximate surface area is 112 Å². The van der Waals surface area contributed by atoms with Crippen LogP contribution in [0.3, 0.4) is 0 Å². The number of alkyl halides is 3. The molecule has 1 aromatic heterocycles. The molecule has 1 heterocycles. The van der Waals surface area contributed by atoms with E-state index in [1.807, 2.05) is 5.32 Å². The molecule has 1 rings (SSSR count). The predicted octanol–water partition coefficient (Wildman–Crippen LogP) is 2.65. The number of nitrogens with one attached hydrogen (secondary N) is 1. The first-order chi connectivity index (χ1) is 8.19. The monoisotopic (exact) mass is 345 g/mol. The van der Waals surface area contributed by atoms with Crippen LogP contribution in [0.15, 0.2) is 15.9 Å². The number of hydrogen-bond acceptors (Lipinski definition) is 3. The summed E-state index contributed by atoms with van der Waals surface area (Å²) < 4.78 is 36.9. The van der Waals surface area contributed by atoms with E-state index in [1.165, 1.54) is 6.07 Å². The van der Waals surface area contributed by atoms with Crippen LogP contribution in [0, 0.1) is 0 Å². The van der Waals surface area contributed by atoms with Crippen LogP contribution >= 0.6 is 27.3 Å². The molecule has 0 aliphatic heterocycles. The van der Waals surface area contributed by atoms with Crippen molar-refractivity contribution in [2.45, 2.75) is 18.6 Å². The smallest absolute Gasteiger partial charge is 0.391 e. The third-order valence-electron chi connectivity index (χ3n) is 1.84. The van der Waals surface area contributed by atoms with Gasteiger partial charge in [-0.3, -0.25) is 4.79 Å². The number of hydrogen-bond donors (Lipinski definition) is 2. The van der Waals surface area contributed by atoms with Crippen LogP contribution in [0.1, 0.15) is 16.1 Å². The number of thiophene rings is 1. The van der Waals surface area contributed by atoms with Gasteiger partial charge in [-0.25, -0.2) is 4.79 Å². The van der Waals surface area contributed by atoms with E-state index in [-0.39, 0.29) is 4.88 Å². The largest absolute Gasteiger partial charge is 0.480 e. The molecule has 1 amide bonds. The number of carboxylic acid groups (broad SMARTS) is 1. The zero-order valence-corrected chi connectivity index (χ0v) is 11.0. The first-order valence-corrected chi connectivity index (χ1v) is 6.16. The maximum atomic E-state index is 12.1. The second kappa shape index (κ2) is 5.70. The molecule has 0 saturated heterocycles. The van der Waals surface area contributed by atoms with Crippen molar-refractivity contribution in [3.05, 3.63) is 20.8 Å². The number of carbonyl (C=O) groups is 2. The summed E-state index contributed by atoms with van der Waals surface area (Å²) >= 11 is 4.08. The molecule has 0 radical (unpaired) electrons. The normalized spacial score (nSPS) is 13.1. The van der Waals surface area contributed by atoms with Crippen LogP contribution in [0.25, 0.3) is 0 Å². The lowest BCUT2D eigenvalue weighted by Crippen LogP contribution is -2.43. The second-order valence-electron chi connectivity index (χ2n) is 3.29. The molecule has 1 aromatic rings. The van der Waals surface area contributed by atoms with Crippen LogP contribution in [0.2, 0.25) is 0 Å². The second-order valence-corrected chi connectivity index (χ2v) is 5.75. The summed E-state index contributed by atoms with van der Waals surface area (Å²) in [6, 6.07) is 0.939.